The van der Waals surface area contributed by atoms with Crippen LogP contribution in [0.3, 0.4) is 0 Å². The van der Waals surface area contributed by atoms with Gasteiger partial charge in [-0.1, -0.05) is 0 Å². The minimum atomic E-state index is -3.39. The van der Waals surface area contributed by atoms with Gasteiger partial charge in [0, 0.05) is 42.1 Å². The van der Waals surface area contributed by atoms with E-state index in [1.807, 2.05) is 0 Å². The Bertz CT molecular complexity index is 1070. The molecule has 3 amide bonds. The molecule has 3 rings (SSSR count). The van der Waals surface area contributed by atoms with Crippen molar-refractivity contribution in [3.05, 3.63) is 53.6 Å². The molecule has 1 aliphatic rings. The maximum Gasteiger partial charge on any atom is 0.319 e. The molecule has 0 saturated carbocycles. The van der Waals surface area contributed by atoms with Crippen LogP contribution in [0.5, 0.6) is 5.75 Å². The van der Waals surface area contributed by atoms with Crippen LogP contribution in [-0.4, -0.2) is 46.3 Å². The number of benzene rings is 2. The van der Waals surface area contributed by atoms with Gasteiger partial charge in [-0.3, -0.25) is 4.79 Å². The van der Waals surface area contributed by atoms with Crippen molar-refractivity contribution < 1.29 is 31.5 Å². The van der Waals surface area contributed by atoms with Crippen molar-refractivity contribution in [1.29, 1.82) is 0 Å². The molecule has 0 aliphatic carbocycles. The number of sulfone groups is 1. The lowest BCUT2D eigenvalue weighted by Gasteiger charge is -2.20. The van der Waals surface area contributed by atoms with Crippen LogP contribution in [0, 0.1) is 11.6 Å². The quantitative estimate of drug-likeness (QED) is 0.657. The highest BCUT2D eigenvalue weighted by Crippen LogP contribution is 2.31. The standard InChI is InChI=1S/C19H19F2N3O5S/c1-29-11-7-14(20)16(15(21)8-11)13-9-22-18(25)17(13)24-19(26)23-10-3-5-12(6-4-10)30(2,27)28/h3-8,13,17H,9H2,1-2H3,(H,22,25)(H2,23,24,26)/t13-,17-/m0/s1. The third-order valence-corrected chi connectivity index (χ3v) is 5.80. The summed E-state index contributed by atoms with van der Waals surface area (Å²) in [5.74, 6) is -3.35. The van der Waals surface area contributed by atoms with E-state index in [1.165, 1.54) is 31.4 Å². The number of halogens is 2. The molecule has 1 fully saturated rings. The molecule has 2 atom stereocenters. The van der Waals surface area contributed by atoms with Crippen LogP contribution in [0.4, 0.5) is 19.3 Å². The van der Waals surface area contributed by atoms with Gasteiger partial charge in [0.2, 0.25) is 5.91 Å². The molecule has 30 heavy (non-hydrogen) atoms. The number of hydrogen-bond donors (Lipinski definition) is 3. The predicted octanol–water partition coefficient (Wildman–Crippen LogP) is 1.78. The van der Waals surface area contributed by atoms with E-state index in [9.17, 15) is 26.8 Å². The SMILES string of the molecule is COc1cc(F)c([C@@H]2CNC(=O)[C@H]2NC(=O)Nc2ccc(S(C)(=O)=O)cc2)c(F)c1. The molecule has 2 aromatic carbocycles. The predicted molar refractivity (Wildman–Crippen MR) is 104 cm³/mol. The zero-order valence-corrected chi connectivity index (χ0v) is 16.8. The molecule has 0 spiro atoms. The van der Waals surface area contributed by atoms with Gasteiger partial charge in [0.15, 0.2) is 9.84 Å². The number of hydrogen-bond acceptors (Lipinski definition) is 5. The lowest BCUT2D eigenvalue weighted by Crippen LogP contribution is -2.45. The average Bonchev–Trinajstić information content (AvgIpc) is 3.01. The Labute approximate surface area is 171 Å². The third-order valence-electron chi connectivity index (χ3n) is 4.67. The molecule has 0 bridgehead atoms. The molecule has 3 N–H and O–H groups in total. The number of rotatable bonds is 5. The van der Waals surface area contributed by atoms with E-state index < -0.39 is 45.4 Å². The van der Waals surface area contributed by atoms with Crippen LogP contribution in [0.2, 0.25) is 0 Å². The highest BCUT2D eigenvalue weighted by atomic mass is 32.2. The van der Waals surface area contributed by atoms with E-state index >= 15 is 0 Å². The van der Waals surface area contributed by atoms with Gasteiger partial charge in [-0.2, -0.15) is 0 Å². The van der Waals surface area contributed by atoms with Crippen molar-refractivity contribution in [3.8, 4) is 5.75 Å². The summed E-state index contributed by atoms with van der Waals surface area (Å²) in [6.45, 7) is -0.0625. The largest absolute Gasteiger partial charge is 0.497 e. The average molecular weight is 439 g/mol. The number of anilines is 1. The monoisotopic (exact) mass is 439 g/mol. The van der Waals surface area contributed by atoms with Crippen LogP contribution in [0.1, 0.15) is 11.5 Å². The fourth-order valence-electron chi connectivity index (χ4n) is 3.18. The van der Waals surface area contributed by atoms with Crippen molar-refractivity contribution in [3.63, 3.8) is 0 Å². The number of urea groups is 1. The first-order valence-electron chi connectivity index (χ1n) is 8.78. The highest BCUT2D eigenvalue weighted by Gasteiger charge is 2.40. The second-order valence-electron chi connectivity index (χ2n) is 6.73. The van der Waals surface area contributed by atoms with Gasteiger partial charge in [-0.25, -0.2) is 22.0 Å². The summed E-state index contributed by atoms with van der Waals surface area (Å²) in [7, 11) is -2.12. The molecular formula is C19H19F2N3O5S. The van der Waals surface area contributed by atoms with Crippen LogP contribution in [-0.2, 0) is 14.6 Å². The highest BCUT2D eigenvalue weighted by molar-refractivity contribution is 7.90. The minimum Gasteiger partial charge on any atom is -0.497 e. The zero-order valence-electron chi connectivity index (χ0n) is 16.0. The van der Waals surface area contributed by atoms with E-state index in [0.717, 1.165) is 18.4 Å². The molecular weight excluding hydrogens is 420 g/mol. The number of methoxy groups -OCH3 is 1. The van der Waals surface area contributed by atoms with Gasteiger partial charge in [-0.05, 0) is 24.3 Å². The summed E-state index contributed by atoms with van der Waals surface area (Å²) >= 11 is 0. The van der Waals surface area contributed by atoms with Crippen LogP contribution < -0.4 is 20.7 Å². The van der Waals surface area contributed by atoms with Crippen LogP contribution in [0.25, 0.3) is 0 Å². The molecule has 1 saturated heterocycles. The molecule has 8 nitrogen and oxygen atoms in total. The van der Waals surface area contributed by atoms with Crippen LogP contribution in [0.15, 0.2) is 41.3 Å². The second kappa shape index (κ2) is 8.27. The Balaban J connectivity index is 1.76. The Hall–Kier alpha value is -3.21. The number of carbonyl (C=O) groups excluding carboxylic acids is 2. The molecule has 0 radical (unpaired) electrons. The topological polar surface area (TPSA) is 114 Å². The maximum absolute atomic E-state index is 14.4. The third kappa shape index (κ3) is 4.51. The number of nitrogens with one attached hydrogen (secondary N) is 3. The lowest BCUT2D eigenvalue weighted by molar-refractivity contribution is -0.120. The first kappa shape index (κ1) is 21.5. The normalized spacial score (nSPS) is 18.6. The van der Waals surface area contributed by atoms with Gasteiger partial charge < -0.3 is 20.7 Å². The van der Waals surface area contributed by atoms with Crippen molar-refractivity contribution in [2.45, 2.75) is 16.9 Å². The van der Waals surface area contributed by atoms with E-state index in [2.05, 4.69) is 16.0 Å². The van der Waals surface area contributed by atoms with Crippen molar-refractivity contribution in [1.82, 2.24) is 10.6 Å². The lowest BCUT2D eigenvalue weighted by atomic mass is 9.93. The van der Waals surface area contributed by atoms with E-state index in [4.69, 9.17) is 4.74 Å². The fourth-order valence-corrected chi connectivity index (χ4v) is 3.81. The maximum atomic E-state index is 14.4. The smallest absolute Gasteiger partial charge is 0.319 e. The fraction of sp³-hybridized carbons (Fsp3) is 0.263. The zero-order chi connectivity index (χ0) is 22.1. The number of ether oxygens (including phenoxy) is 1. The van der Waals surface area contributed by atoms with Gasteiger partial charge >= 0.3 is 6.03 Å². The van der Waals surface area contributed by atoms with E-state index in [1.54, 1.807) is 0 Å². The van der Waals surface area contributed by atoms with Crippen LogP contribution >= 0.6 is 0 Å². The Morgan fingerprint density at radius 1 is 1.17 bits per heavy atom. The molecule has 2 aromatic rings. The van der Waals surface area contributed by atoms with Gasteiger partial charge in [-0.15, -0.1) is 0 Å². The van der Waals surface area contributed by atoms with E-state index in [-0.39, 0.29) is 28.4 Å². The Morgan fingerprint density at radius 2 is 1.77 bits per heavy atom. The Kier molecular flexibility index (Phi) is 5.92. The van der Waals surface area contributed by atoms with Crippen molar-refractivity contribution in [2.75, 3.05) is 25.2 Å². The minimum absolute atomic E-state index is 0.00850. The van der Waals surface area contributed by atoms with Gasteiger partial charge in [0.25, 0.3) is 0 Å². The molecule has 160 valence electrons. The number of carbonyl (C=O) groups is 2. The first-order valence-corrected chi connectivity index (χ1v) is 10.7. The van der Waals surface area contributed by atoms with Crippen molar-refractivity contribution >= 4 is 27.5 Å². The molecule has 1 heterocycles. The van der Waals surface area contributed by atoms with Crippen molar-refractivity contribution in [2.24, 2.45) is 0 Å². The molecule has 1 aliphatic heterocycles. The molecule has 0 unspecified atom stereocenters. The summed E-state index contributed by atoms with van der Waals surface area (Å²) in [4.78, 5) is 24.5. The first-order chi connectivity index (χ1) is 14.1. The summed E-state index contributed by atoms with van der Waals surface area (Å²) in [5.41, 5.74) is -0.0615. The Morgan fingerprint density at radius 3 is 2.30 bits per heavy atom. The van der Waals surface area contributed by atoms with Gasteiger partial charge in [0.05, 0.1) is 12.0 Å². The van der Waals surface area contributed by atoms with Gasteiger partial charge in [0.1, 0.15) is 23.4 Å². The molecule has 11 heteroatoms. The molecule has 0 aromatic heterocycles. The summed E-state index contributed by atoms with van der Waals surface area (Å²) in [6, 6.07) is 5.40. The van der Waals surface area contributed by atoms with E-state index in [0.29, 0.717) is 0 Å². The summed E-state index contributed by atoms with van der Waals surface area (Å²) < 4.78 is 56.7. The second-order valence-corrected chi connectivity index (χ2v) is 8.74. The summed E-state index contributed by atoms with van der Waals surface area (Å²) in [6.07, 6.45) is 1.05. The number of amides is 3. The summed E-state index contributed by atoms with van der Waals surface area (Å²) in [5, 5.41) is 7.35.